The van der Waals surface area contributed by atoms with Crippen LogP contribution in [0.1, 0.15) is 23.3 Å². The molecule has 25 heavy (non-hydrogen) atoms. The van der Waals surface area contributed by atoms with Crippen molar-refractivity contribution in [3.8, 4) is 0 Å². The molecular formula is C17H25N5O3. The third-order valence-corrected chi connectivity index (χ3v) is 5.31. The standard InChI is InChI=1S/C17H25N5O3/c1-20-6-8-22(9-7-20)16(23)14-12-19-15(13-18-14)21-4-2-17(3-5-21)24-10-11-25-17/h12-13H,2-11H2,1H3. The fourth-order valence-corrected chi connectivity index (χ4v) is 3.63. The molecule has 0 N–H and O–H groups in total. The molecule has 3 aliphatic rings. The average Bonchev–Trinajstić information content (AvgIpc) is 3.11. The maximum atomic E-state index is 12.5. The SMILES string of the molecule is CN1CCN(C(=O)c2cnc(N3CCC4(CC3)OCCO4)cn2)CC1. The van der Waals surface area contributed by atoms with Crippen molar-refractivity contribution < 1.29 is 14.3 Å². The minimum absolute atomic E-state index is 0.0301. The summed E-state index contributed by atoms with van der Waals surface area (Å²) >= 11 is 0. The molecule has 0 radical (unpaired) electrons. The van der Waals surface area contributed by atoms with Crippen LogP contribution in [0, 0.1) is 0 Å². The number of amides is 1. The Kier molecular flexibility index (Phi) is 4.58. The van der Waals surface area contributed by atoms with Crippen LogP contribution in [0.2, 0.25) is 0 Å². The number of piperidine rings is 1. The molecule has 4 heterocycles. The number of carbonyl (C=O) groups is 1. The number of likely N-dealkylation sites (N-methyl/N-ethyl adjacent to an activating group) is 1. The molecule has 1 aromatic rings. The number of anilines is 1. The molecule has 0 aromatic carbocycles. The van der Waals surface area contributed by atoms with Gasteiger partial charge in [0.15, 0.2) is 5.79 Å². The molecule has 3 saturated heterocycles. The van der Waals surface area contributed by atoms with Gasteiger partial charge in [0.1, 0.15) is 11.5 Å². The molecule has 0 atom stereocenters. The zero-order valence-electron chi connectivity index (χ0n) is 14.7. The van der Waals surface area contributed by atoms with Gasteiger partial charge in [0.2, 0.25) is 0 Å². The summed E-state index contributed by atoms with van der Waals surface area (Å²) in [7, 11) is 2.07. The van der Waals surface area contributed by atoms with E-state index in [0.29, 0.717) is 18.9 Å². The fourth-order valence-electron chi connectivity index (χ4n) is 3.63. The molecule has 8 heteroatoms. The van der Waals surface area contributed by atoms with Crippen molar-refractivity contribution in [1.82, 2.24) is 19.8 Å². The van der Waals surface area contributed by atoms with Crippen LogP contribution >= 0.6 is 0 Å². The first-order valence-corrected chi connectivity index (χ1v) is 8.98. The van der Waals surface area contributed by atoms with Crippen LogP contribution in [-0.2, 0) is 9.47 Å². The first-order chi connectivity index (χ1) is 12.2. The Hall–Kier alpha value is -1.77. The largest absolute Gasteiger partial charge is 0.355 e. The highest BCUT2D eigenvalue weighted by molar-refractivity contribution is 5.92. The third-order valence-electron chi connectivity index (χ3n) is 5.31. The minimum atomic E-state index is -0.388. The third kappa shape index (κ3) is 3.47. The van der Waals surface area contributed by atoms with Crippen LogP contribution in [-0.4, -0.2) is 91.0 Å². The number of ether oxygens (including phenoxy) is 2. The van der Waals surface area contributed by atoms with Gasteiger partial charge in [-0.3, -0.25) is 4.79 Å². The first-order valence-electron chi connectivity index (χ1n) is 8.98. The lowest BCUT2D eigenvalue weighted by Crippen LogP contribution is -2.47. The first kappa shape index (κ1) is 16.7. The van der Waals surface area contributed by atoms with E-state index >= 15 is 0 Å². The number of nitrogens with zero attached hydrogens (tertiary/aromatic N) is 5. The summed E-state index contributed by atoms with van der Waals surface area (Å²) in [4.78, 5) is 27.6. The second-order valence-electron chi connectivity index (χ2n) is 6.95. The van der Waals surface area contributed by atoms with Crippen molar-refractivity contribution in [3.05, 3.63) is 18.1 Å². The van der Waals surface area contributed by atoms with E-state index in [1.165, 1.54) is 0 Å². The Morgan fingerprint density at radius 1 is 1.00 bits per heavy atom. The molecule has 1 aromatic heterocycles. The number of aromatic nitrogens is 2. The van der Waals surface area contributed by atoms with Crippen molar-refractivity contribution in [2.45, 2.75) is 18.6 Å². The van der Waals surface area contributed by atoms with Gasteiger partial charge in [-0.25, -0.2) is 9.97 Å². The van der Waals surface area contributed by atoms with Crippen LogP contribution in [0.5, 0.6) is 0 Å². The Bertz CT molecular complexity index is 599. The number of hydrogen-bond donors (Lipinski definition) is 0. The van der Waals surface area contributed by atoms with Gasteiger partial charge in [-0.15, -0.1) is 0 Å². The van der Waals surface area contributed by atoms with Crippen LogP contribution in [0.3, 0.4) is 0 Å². The van der Waals surface area contributed by atoms with Crippen molar-refractivity contribution in [2.24, 2.45) is 0 Å². The molecule has 0 bridgehead atoms. The van der Waals surface area contributed by atoms with E-state index in [1.54, 1.807) is 12.4 Å². The molecule has 3 fully saturated rings. The summed E-state index contributed by atoms with van der Waals surface area (Å²) in [5.41, 5.74) is 0.421. The van der Waals surface area contributed by atoms with Gasteiger partial charge in [-0.05, 0) is 7.05 Å². The molecule has 1 spiro atoms. The van der Waals surface area contributed by atoms with Crippen molar-refractivity contribution in [3.63, 3.8) is 0 Å². The zero-order chi connectivity index (χ0) is 17.3. The summed E-state index contributed by atoms with van der Waals surface area (Å²) in [6, 6.07) is 0. The fraction of sp³-hybridized carbons (Fsp3) is 0.706. The van der Waals surface area contributed by atoms with Crippen molar-refractivity contribution in [2.75, 3.05) is 64.4 Å². The van der Waals surface area contributed by atoms with Crippen LogP contribution in [0.15, 0.2) is 12.4 Å². The van der Waals surface area contributed by atoms with E-state index in [9.17, 15) is 4.79 Å². The number of carbonyl (C=O) groups excluding carboxylic acids is 1. The van der Waals surface area contributed by atoms with Crippen molar-refractivity contribution in [1.29, 1.82) is 0 Å². The lowest BCUT2D eigenvalue weighted by molar-refractivity contribution is -0.169. The normalized spacial score (nSPS) is 24.0. The van der Waals surface area contributed by atoms with Gasteiger partial charge in [-0.2, -0.15) is 0 Å². The highest BCUT2D eigenvalue weighted by Crippen LogP contribution is 2.32. The molecule has 4 rings (SSSR count). The smallest absolute Gasteiger partial charge is 0.274 e. The average molecular weight is 347 g/mol. The summed E-state index contributed by atoms with van der Waals surface area (Å²) in [5.74, 6) is 0.390. The summed E-state index contributed by atoms with van der Waals surface area (Å²) in [6.45, 7) is 6.29. The molecule has 0 saturated carbocycles. The molecule has 0 aliphatic carbocycles. The van der Waals surface area contributed by atoms with E-state index in [2.05, 4.69) is 26.8 Å². The highest BCUT2D eigenvalue weighted by Gasteiger charge is 2.40. The summed E-state index contributed by atoms with van der Waals surface area (Å²) in [6.07, 6.45) is 4.97. The van der Waals surface area contributed by atoms with Gasteiger partial charge in [-0.1, -0.05) is 0 Å². The lowest BCUT2D eigenvalue weighted by Gasteiger charge is -2.38. The second-order valence-corrected chi connectivity index (χ2v) is 6.95. The lowest BCUT2D eigenvalue weighted by atomic mass is 10.0. The zero-order valence-corrected chi connectivity index (χ0v) is 14.7. The Labute approximate surface area is 147 Å². The van der Waals surface area contributed by atoms with E-state index in [4.69, 9.17) is 9.47 Å². The van der Waals surface area contributed by atoms with Gasteiger partial charge in [0.25, 0.3) is 5.91 Å². The Morgan fingerprint density at radius 3 is 2.28 bits per heavy atom. The Balaban J connectivity index is 1.36. The maximum Gasteiger partial charge on any atom is 0.274 e. The number of piperazine rings is 1. The Morgan fingerprint density at radius 2 is 1.68 bits per heavy atom. The number of rotatable bonds is 2. The highest BCUT2D eigenvalue weighted by atomic mass is 16.7. The van der Waals surface area contributed by atoms with Crippen molar-refractivity contribution >= 4 is 11.7 Å². The second kappa shape index (κ2) is 6.86. The van der Waals surface area contributed by atoms with Crippen LogP contribution < -0.4 is 4.90 Å². The van der Waals surface area contributed by atoms with Crippen LogP contribution in [0.4, 0.5) is 5.82 Å². The summed E-state index contributed by atoms with van der Waals surface area (Å²) < 4.78 is 11.5. The molecule has 3 aliphatic heterocycles. The topological polar surface area (TPSA) is 71.0 Å². The molecule has 0 unspecified atom stereocenters. The molecular weight excluding hydrogens is 322 g/mol. The van der Waals surface area contributed by atoms with Crippen LogP contribution in [0.25, 0.3) is 0 Å². The molecule has 8 nitrogen and oxygen atoms in total. The quantitative estimate of drug-likeness (QED) is 0.757. The molecule has 1 amide bonds. The summed E-state index contributed by atoms with van der Waals surface area (Å²) in [5, 5.41) is 0. The van der Waals surface area contributed by atoms with Gasteiger partial charge >= 0.3 is 0 Å². The predicted molar refractivity (Wildman–Crippen MR) is 91.5 cm³/mol. The minimum Gasteiger partial charge on any atom is -0.355 e. The molecule has 136 valence electrons. The van der Waals surface area contributed by atoms with E-state index < -0.39 is 0 Å². The van der Waals surface area contributed by atoms with E-state index in [-0.39, 0.29) is 11.7 Å². The monoisotopic (exact) mass is 347 g/mol. The van der Waals surface area contributed by atoms with E-state index in [0.717, 1.165) is 57.9 Å². The van der Waals surface area contributed by atoms with Gasteiger partial charge in [0, 0.05) is 52.1 Å². The number of hydrogen-bond acceptors (Lipinski definition) is 7. The maximum absolute atomic E-state index is 12.5. The van der Waals surface area contributed by atoms with Gasteiger partial charge < -0.3 is 24.2 Å². The predicted octanol–water partition coefficient (Wildman–Crippen LogP) is 0.208. The van der Waals surface area contributed by atoms with E-state index in [1.807, 2.05) is 4.90 Å². The van der Waals surface area contributed by atoms with Gasteiger partial charge in [0.05, 0.1) is 25.6 Å².